The van der Waals surface area contributed by atoms with Crippen LogP contribution in [0, 0.1) is 6.92 Å². The van der Waals surface area contributed by atoms with Crippen LogP contribution >= 0.6 is 0 Å². The zero-order valence-corrected chi connectivity index (χ0v) is 8.97. The van der Waals surface area contributed by atoms with Crippen molar-refractivity contribution in [3.8, 4) is 0 Å². The van der Waals surface area contributed by atoms with E-state index in [1.807, 2.05) is 0 Å². The lowest BCUT2D eigenvalue weighted by molar-refractivity contribution is 0.729. The van der Waals surface area contributed by atoms with Gasteiger partial charge in [0.1, 0.15) is 0 Å². The largest absolute Gasteiger partial charge is 0.0845 e. The Morgan fingerprint density at radius 3 is 2.08 bits per heavy atom. The maximum Gasteiger partial charge on any atom is -0.0348 e. The fraction of sp³-hybridized carbons (Fsp3) is 0.615. The Hall–Kier alpha value is -0.520. The van der Waals surface area contributed by atoms with E-state index in [0.29, 0.717) is 0 Å². The van der Waals surface area contributed by atoms with Gasteiger partial charge < -0.3 is 0 Å². The van der Waals surface area contributed by atoms with Gasteiger partial charge in [0.2, 0.25) is 0 Å². The Balaban J connectivity index is 3.15. The second kappa shape index (κ2) is 11.5. The van der Waals surface area contributed by atoms with Crippen LogP contribution in [0.15, 0.2) is 24.3 Å². The average Bonchev–Trinajstić information content (AvgIpc) is 2.16. The first-order chi connectivity index (χ1) is 6.41. The van der Waals surface area contributed by atoms with Crippen molar-refractivity contribution >= 4 is 0 Å². The molecule has 0 saturated heterocycles. The summed E-state index contributed by atoms with van der Waals surface area (Å²) in [5.41, 5.74) is 0. The zero-order chi connectivity index (χ0) is 9.78. The second-order valence-corrected chi connectivity index (χ2v) is 3.35. The standard InChI is InChI=1S/C13H23/c1-3-5-7-9-11-13-12-10-8-6-4-2/h9,11-13H,1,3-8,10H2,2H3. The number of hydrogen-bond acceptors (Lipinski definition) is 0. The minimum atomic E-state index is 1.05. The molecule has 0 aliphatic rings. The van der Waals surface area contributed by atoms with Crippen molar-refractivity contribution < 1.29 is 0 Å². The molecule has 0 aliphatic heterocycles. The molecule has 0 saturated carbocycles. The van der Waals surface area contributed by atoms with Crippen LogP contribution in [0.3, 0.4) is 0 Å². The zero-order valence-electron chi connectivity index (χ0n) is 8.97. The summed E-state index contributed by atoms with van der Waals surface area (Å²) < 4.78 is 0. The highest BCUT2D eigenvalue weighted by molar-refractivity contribution is 5.02. The maximum absolute atomic E-state index is 3.80. The molecule has 0 N–H and O–H groups in total. The summed E-state index contributed by atoms with van der Waals surface area (Å²) in [7, 11) is 0. The third kappa shape index (κ3) is 11.5. The molecular formula is C13H23. The molecule has 0 unspecified atom stereocenters. The first kappa shape index (κ1) is 12.5. The van der Waals surface area contributed by atoms with E-state index in [1.165, 1.54) is 38.5 Å². The smallest absolute Gasteiger partial charge is 0.0348 e. The Labute approximate surface area is 83.7 Å². The van der Waals surface area contributed by atoms with E-state index in [9.17, 15) is 0 Å². The third-order valence-electron chi connectivity index (χ3n) is 1.98. The van der Waals surface area contributed by atoms with Crippen LogP contribution in [0.2, 0.25) is 0 Å². The van der Waals surface area contributed by atoms with Crippen LogP contribution in [0.25, 0.3) is 0 Å². The van der Waals surface area contributed by atoms with Gasteiger partial charge in [0.15, 0.2) is 0 Å². The summed E-state index contributed by atoms with van der Waals surface area (Å²) in [4.78, 5) is 0. The summed E-state index contributed by atoms with van der Waals surface area (Å²) in [6.07, 6.45) is 17.5. The molecular weight excluding hydrogens is 156 g/mol. The summed E-state index contributed by atoms with van der Waals surface area (Å²) in [5.74, 6) is 0. The molecule has 0 heterocycles. The molecule has 0 bridgehead atoms. The van der Waals surface area contributed by atoms with Crippen LogP contribution < -0.4 is 0 Å². The molecule has 0 nitrogen and oxygen atoms in total. The first-order valence-corrected chi connectivity index (χ1v) is 5.52. The number of allylic oxidation sites excluding steroid dienone is 4. The van der Waals surface area contributed by atoms with E-state index in [0.717, 1.165) is 6.42 Å². The first-order valence-electron chi connectivity index (χ1n) is 5.52. The van der Waals surface area contributed by atoms with Gasteiger partial charge in [0, 0.05) is 0 Å². The number of unbranched alkanes of at least 4 members (excludes halogenated alkanes) is 5. The summed E-state index contributed by atoms with van der Waals surface area (Å²) >= 11 is 0. The molecule has 0 aromatic heterocycles. The van der Waals surface area contributed by atoms with Crippen molar-refractivity contribution in [3.63, 3.8) is 0 Å². The summed E-state index contributed by atoms with van der Waals surface area (Å²) in [6.45, 7) is 6.04. The van der Waals surface area contributed by atoms with Crippen molar-refractivity contribution in [2.75, 3.05) is 0 Å². The van der Waals surface area contributed by atoms with Crippen molar-refractivity contribution in [2.45, 2.75) is 51.9 Å². The highest BCUT2D eigenvalue weighted by Gasteiger charge is 1.80. The molecule has 0 heteroatoms. The molecule has 0 atom stereocenters. The van der Waals surface area contributed by atoms with Gasteiger partial charge in [-0.15, -0.1) is 0 Å². The van der Waals surface area contributed by atoms with E-state index >= 15 is 0 Å². The van der Waals surface area contributed by atoms with Crippen molar-refractivity contribution in [3.05, 3.63) is 31.2 Å². The van der Waals surface area contributed by atoms with Crippen LogP contribution in [0.4, 0.5) is 0 Å². The fourth-order valence-corrected chi connectivity index (χ4v) is 1.12. The number of hydrogen-bond donors (Lipinski definition) is 0. The van der Waals surface area contributed by atoms with Gasteiger partial charge >= 0.3 is 0 Å². The molecule has 1 radical (unpaired) electrons. The predicted molar refractivity (Wildman–Crippen MR) is 61.6 cm³/mol. The SMILES string of the molecule is [CH2]CCCC=CC=CCCCCC. The molecule has 0 aromatic rings. The lowest BCUT2D eigenvalue weighted by Gasteiger charge is -1.90. The molecule has 0 fully saturated rings. The lowest BCUT2D eigenvalue weighted by Crippen LogP contribution is -1.70. The molecule has 13 heavy (non-hydrogen) atoms. The molecule has 0 spiro atoms. The highest BCUT2D eigenvalue weighted by atomic mass is 13.9. The van der Waals surface area contributed by atoms with Gasteiger partial charge in [-0.25, -0.2) is 0 Å². The Morgan fingerprint density at radius 1 is 0.923 bits per heavy atom. The van der Waals surface area contributed by atoms with E-state index in [1.54, 1.807) is 0 Å². The Bertz CT molecular complexity index is 131. The maximum atomic E-state index is 3.80. The van der Waals surface area contributed by atoms with Crippen LogP contribution in [-0.4, -0.2) is 0 Å². The third-order valence-corrected chi connectivity index (χ3v) is 1.98. The van der Waals surface area contributed by atoms with E-state index in [-0.39, 0.29) is 0 Å². The van der Waals surface area contributed by atoms with Gasteiger partial charge in [-0.05, 0) is 25.7 Å². The number of rotatable bonds is 8. The topological polar surface area (TPSA) is 0 Å². The quantitative estimate of drug-likeness (QED) is 0.375. The molecule has 0 aliphatic carbocycles. The average molecular weight is 179 g/mol. The Morgan fingerprint density at radius 2 is 1.54 bits per heavy atom. The van der Waals surface area contributed by atoms with Gasteiger partial charge in [-0.1, -0.05) is 57.4 Å². The molecule has 75 valence electrons. The highest BCUT2D eigenvalue weighted by Crippen LogP contribution is 2.00. The van der Waals surface area contributed by atoms with Crippen molar-refractivity contribution in [1.29, 1.82) is 0 Å². The fourth-order valence-electron chi connectivity index (χ4n) is 1.12. The lowest BCUT2D eigenvalue weighted by atomic mass is 10.2. The van der Waals surface area contributed by atoms with Crippen molar-refractivity contribution in [1.82, 2.24) is 0 Å². The van der Waals surface area contributed by atoms with E-state index in [2.05, 4.69) is 38.2 Å². The Kier molecular flexibility index (Phi) is 11.0. The van der Waals surface area contributed by atoms with Crippen LogP contribution in [0.5, 0.6) is 0 Å². The summed E-state index contributed by atoms with van der Waals surface area (Å²) in [6, 6.07) is 0. The monoisotopic (exact) mass is 179 g/mol. The molecule has 0 amide bonds. The van der Waals surface area contributed by atoms with E-state index in [4.69, 9.17) is 0 Å². The minimum Gasteiger partial charge on any atom is -0.0845 e. The van der Waals surface area contributed by atoms with Crippen molar-refractivity contribution in [2.24, 2.45) is 0 Å². The summed E-state index contributed by atoms with van der Waals surface area (Å²) in [5, 5.41) is 0. The minimum absolute atomic E-state index is 1.05. The van der Waals surface area contributed by atoms with Crippen LogP contribution in [0.1, 0.15) is 51.9 Å². The second-order valence-electron chi connectivity index (χ2n) is 3.35. The van der Waals surface area contributed by atoms with E-state index < -0.39 is 0 Å². The van der Waals surface area contributed by atoms with Gasteiger partial charge in [0.25, 0.3) is 0 Å². The molecule has 0 rings (SSSR count). The normalized spacial score (nSPS) is 11.8. The van der Waals surface area contributed by atoms with Gasteiger partial charge in [-0.3, -0.25) is 0 Å². The van der Waals surface area contributed by atoms with Crippen LogP contribution in [-0.2, 0) is 0 Å². The van der Waals surface area contributed by atoms with Gasteiger partial charge in [-0.2, -0.15) is 0 Å². The molecule has 0 aromatic carbocycles. The van der Waals surface area contributed by atoms with Gasteiger partial charge in [0.05, 0.1) is 0 Å². The predicted octanol–water partition coefficient (Wildman–Crippen LogP) is 4.68.